The number of methoxy groups -OCH3 is 1. The van der Waals surface area contributed by atoms with Gasteiger partial charge in [-0.2, -0.15) is 0 Å². The molecule has 5 nitrogen and oxygen atoms in total. The molecule has 0 spiro atoms. The number of rotatable bonds is 2. The zero-order valence-corrected chi connectivity index (χ0v) is 11.0. The maximum absolute atomic E-state index is 11.9. The van der Waals surface area contributed by atoms with Gasteiger partial charge in [0, 0.05) is 5.39 Å². The van der Waals surface area contributed by atoms with Crippen molar-refractivity contribution in [3.63, 3.8) is 0 Å². The van der Waals surface area contributed by atoms with Crippen LogP contribution in [-0.4, -0.2) is 21.5 Å². The molecule has 0 unspecified atom stereocenters. The van der Waals surface area contributed by atoms with Gasteiger partial charge >= 0.3 is 5.97 Å². The first-order chi connectivity index (χ1) is 9.03. The predicted octanol–water partition coefficient (Wildman–Crippen LogP) is 1.67. The summed E-state index contributed by atoms with van der Waals surface area (Å²) >= 11 is 0. The Morgan fingerprint density at radius 1 is 1.26 bits per heavy atom. The summed E-state index contributed by atoms with van der Waals surface area (Å²) in [5.74, 6) is -0.352. The lowest BCUT2D eigenvalue weighted by Gasteiger charge is -2.06. The van der Waals surface area contributed by atoms with Crippen LogP contribution in [0.2, 0.25) is 0 Å². The van der Waals surface area contributed by atoms with E-state index in [1.54, 1.807) is 18.2 Å². The Kier molecular flexibility index (Phi) is 2.50. The third-order valence-electron chi connectivity index (χ3n) is 3.19. The van der Waals surface area contributed by atoms with Gasteiger partial charge in [0.05, 0.1) is 24.1 Å². The second-order valence-electron chi connectivity index (χ2n) is 4.31. The number of carbonyl (C=O) groups excluding carboxylic acids is 1. The summed E-state index contributed by atoms with van der Waals surface area (Å²) in [6.45, 7) is 0. The van der Waals surface area contributed by atoms with Gasteiger partial charge in [-0.25, -0.2) is 8.42 Å². The van der Waals surface area contributed by atoms with Gasteiger partial charge in [0.15, 0.2) is 0 Å². The Bertz CT molecular complexity index is 796. The molecule has 3 rings (SSSR count). The van der Waals surface area contributed by atoms with Crippen LogP contribution in [0.1, 0.15) is 5.56 Å². The van der Waals surface area contributed by atoms with Gasteiger partial charge in [-0.3, -0.25) is 9.52 Å². The number of benzene rings is 2. The Balaban J connectivity index is 2.28. The van der Waals surface area contributed by atoms with E-state index in [4.69, 9.17) is 0 Å². The largest absolute Gasteiger partial charge is 0.469 e. The second-order valence-corrected chi connectivity index (χ2v) is 5.96. The van der Waals surface area contributed by atoms with E-state index in [9.17, 15) is 13.2 Å². The fraction of sp³-hybridized carbons (Fsp3) is 0.154. The number of anilines is 1. The first-order valence-electron chi connectivity index (χ1n) is 5.67. The summed E-state index contributed by atoms with van der Waals surface area (Å²) in [6, 6.07) is 8.46. The quantitative estimate of drug-likeness (QED) is 0.847. The van der Waals surface area contributed by atoms with Crippen molar-refractivity contribution in [2.75, 3.05) is 11.8 Å². The Morgan fingerprint density at radius 3 is 2.79 bits per heavy atom. The molecule has 0 saturated heterocycles. The molecule has 1 heterocycles. The maximum Gasteiger partial charge on any atom is 0.309 e. The van der Waals surface area contributed by atoms with E-state index < -0.39 is 10.0 Å². The van der Waals surface area contributed by atoms with Crippen LogP contribution in [-0.2, 0) is 26.0 Å². The number of hydrogen-bond donors (Lipinski definition) is 1. The van der Waals surface area contributed by atoms with E-state index in [1.165, 1.54) is 13.2 Å². The maximum atomic E-state index is 11.9. The molecular formula is C13H11NO4S. The zero-order valence-electron chi connectivity index (χ0n) is 10.1. The molecule has 0 saturated carbocycles. The molecule has 19 heavy (non-hydrogen) atoms. The predicted molar refractivity (Wildman–Crippen MR) is 70.5 cm³/mol. The molecule has 0 aliphatic carbocycles. The standard InChI is InChI=1S/C13H11NO4S/c1-18-12(15)7-8-5-6-11-13-9(8)3-2-4-10(13)14-19(11,16)17/h2-6,14H,7H2,1H3. The van der Waals surface area contributed by atoms with E-state index in [1.807, 2.05) is 6.07 Å². The van der Waals surface area contributed by atoms with E-state index >= 15 is 0 Å². The summed E-state index contributed by atoms with van der Waals surface area (Å²) in [5, 5.41) is 1.40. The normalized spacial score (nSPS) is 15.2. The van der Waals surface area contributed by atoms with Crippen molar-refractivity contribution in [2.45, 2.75) is 11.3 Å². The molecule has 1 N–H and O–H groups in total. The summed E-state index contributed by atoms with van der Waals surface area (Å²) in [5.41, 5.74) is 1.31. The van der Waals surface area contributed by atoms with Gasteiger partial charge in [0.1, 0.15) is 0 Å². The van der Waals surface area contributed by atoms with Crippen molar-refractivity contribution in [3.05, 3.63) is 35.9 Å². The fourth-order valence-electron chi connectivity index (χ4n) is 2.33. The summed E-state index contributed by atoms with van der Waals surface area (Å²) in [7, 11) is -2.15. The van der Waals surface area contributed by atoms with Crippen LogP contribution in [0, 0.1) is 0 Å². The van der Waals surface area contributed by atoms with Crippen molar-refractivity contribution >= 4 is 32.5 Å². The van der Waals surface area contributed by atoms with Gasteiger partial charge in [-0.05, 0) is 23.1 Å². The average molecular weight is 277 g/mol. The van der Waals surface area contributed by atoms with E-state index in [2.05, 4.69) is 9.46 Å². The number of hydrogen-bond acceptors (Lipinski definition) is 4. The molecular weight excluding hydrogens is 266 g/mol. The third kappa shape index (κ3) is 1.76. The van der Waals surface area contributed by atoms with Crippen LogP contribution >= 0.6 is 0 Å². The molecule has 1 aliphatic heterocycles. The number of nitrogens with one attached hydrogen (secondary N) is 1. The lowest BCUT2D eigenvalue weighted by molar-refractivity contribution is -0.139. The van der Waals surface area contributed by atoms with Crippen molar-refractivity contribution in [2.24, 2.45) is 0 Å². The van der Waals surface area contributed by atoms with Crippen LogP contribution in [0.15, 0.2) is 35.2 Å². The summed E-state index contributed by atoms with van der Waals surface area (Å²) in [6.07, 6.45) is 0.122. The molecule has 6 heteroatoms. The van der Waals surface area contributed by atoms with Gasteiger partial charge in [0.2, 0.25) is 0 Å². The highest BCUT2D eigenvalue weighted by atomic mass is 32.2. The van der Waals surface area contributed by atoms with Crippen molar-refractivity contribution < 1.29 is 17.9 Å². The number of esters is 1. The Hall–Kier alpha value is -2.08. The number of sulfonamides is 1. The van der Waals surface area contributed by atoms with Crippen molar-refractivity contribution in [3.8, 4) is 0 Å². The molecule has 0 radical (unpaired) electrons. The highest BCUT2D eigenvalue weighted by molar-refractivity contribution is 7.93. The highest BCUT2D eigenvalue weighted by Gasteiger charge is 2.28. The van der Waals surface area contributed by atoms with Gasteiger partial charge in [-0.15, -0.1) is 0 Å². The lowest BCUT2D eigenvalue weighted by atomic mass is 10.0. The molecule has 1 aliphatic rings. The fourth-order valence-corrected chi connectivity index (χ4v) is 3.63. The first kappa shape index (κ1) is 12.0. The minimum Gasteiger partial charge on any atom is -0.469 e. The van der Waals surface area contributed by atoms with Gasteiger partial charge < -0.3 is 4.74 Å². The Morgan fingerprint density at radius 2 is 2.05 bits per heavy atom. The van der Waals surface area contributed by atoms with Crippen LogP contribution in [0.3, 0.4) is 0 Å². The molecule has 2 aromatic rings. The minimum atomic E-state index is -3.47. The first-order valence-corrected chi connectivity index (χ1v) is 7.15. The average Bonchev–Trinajstić information content (AvgIpc) is 2.64. The van der Waals surface area contributed by atoms with E-state index in [0.717, 1.165) is 10.9 Å². The van der Waals surface area contributed by atoms with Gasteiger partial charge in [-0.1, -0.05) is 18.2 Å². The zero-order chi connectivity index (χ0) is 13.6. The molecule has 2 aromatic carbocycles. The highest BCUT2D eigenvalue weighted by Crippen LogP contribution is 2.38. The molecule has 0 aromatic heterocycles. The second kappa shape index (κ2) is 3.96. The molecule has 98 valence electrons. The third-order valence-corrected chi connectivity index (χ3v) is 4.60. The lowest BCUT2D eigenvalue weighted by Crippen LogP contribution is -2.06. The monoisotopic (exact) mass is 277 g/mol. The minimum absolute atomic E-state index is 0.122. The SMILES string of the molecule is COC(=O)Cc1ccc2c3c(cccc13)NS2(=O)=O. The molecule has 0 fully saturated rings. The smallest absolute Gasteiger partial charge is 0.309 e. The molecule has 0 amide bonds. The van der Waals surface area contributed by atoms with E-state index in [0.29, 0.717) is 11.1 Å². The van der Waals surface area contributed by atoms with Crippen molar-refractivity contribution in [1.29, 1.82) is 0 Å². The van der Waals surface area contributed by atoms with Gasteiger partial charge in [0.25, 0.3) is 10.0 Å². The van der Waals surface area contributed by atoms with Crippen LogP contribution in [0.25, 0.3) is 10.8 Å². The van der Waals surface area contributed by atoms with Crippen LogP contribution in [0.4, 0.5) is 5.69 Å². The topological polar surface area (TPSA) is 72.5 Å². The Labute approximate surface area is 110 Å². The summed E-state index contributed by atoms with van der Waals surface area (Å²) in [4.78, 5) is 11.6. The van der Waals surface area contributed by atoms with Crippen LogP contribution in [0.5, 0.6) is 0 Å². The number of carbonyl (C=O) groups is 1. The summed E-state index contributed by atoms with van der Waals surface area (Å²) < 4.78 is 31.0. The molecule has 0 atom stereocenters. The van der Waals surface area contributed by atoms with Crippen LogP contribution < -0.4 is 4.72 Å². The van der Waals surface area contributed by atoms with E-state index in [-0.39, 0.29) is 17.3 Å². The molecule has 0 bridgehead atoms. The van der Waals surface area contributed by atoms with Crippen molar-refractivity contribution in [1.82, 2.24) is 0 Å². The number of ether oxygens (including phenoxy) is 1.